The number of aryl methyl sites for hydroxylation is 2. The molecule has 1 aliphatic carbocycles. The fourth-order valence-corrected chi connectivity index (χ4v) is 3.26. The molecule has 0 radical (unpaired) electrons. The third-order valence-electron chi connectivity index (χ3n) is 4.63. The minimum absolute atomic E-state index is 0.0524. The van der Waals surface area contributed by atoms with Crippen LogP contribution in [0.15, 0.2) is 42.9 Å². The van der Waals surface area contributed by atoms with Gasteiger partial charge in [-0.2, -0.15) is 5.10 Å². The maximum atomic E-state index is 12.4. The first-order chi connectivity index (χ1) is 12.7. The molecule has 1 aliphatic rings. The van der Waals surface area contributed by atoms with Gasteiger partial charge in [0.2, 0.25) is 5.91 Å². The molecule has 4 rings (SSSR count). The highest BCUT2D eigenvalue weighted by Crippen LogP contribution is 2.29. The fourth-order valence-electron chi connectivity index (χ4n) is 3.26. The Morgan fingerprint density at radius 1 is 1.27 bits per heavy atom. The summed E-state index contributed by atoms with van der Waals surface area (Å²) in [5, 5.41) is 7.27. The topological polar surface area (TPSA) is 85.6 Å². The number of aromatic nitrogens is 5. The normalized spacial score (nSPS) is 16.1. The van der Waals surface area contributed by atoms with Crippen LogP contribution in [0.4, 0.5) is 0 Å². The van der Waals surface area contributed by atoms with Gasteiger partial charge in [-0.15, -0.1) is 0 Å². The summed E-state index contributed by atoms with van der Waals surface area (Å²) in [5.41, 5.74) is 3.72. The van der Waals surface area contributed by atoms with E-state index in [2.05, 4.69) is 25.4 Å². The van der Waals surface area contributed by atoms with Crippen LogP contribution in [0, 0.1) is 6.92 Å². The van der Waals surface area contributed by atoms with Gasteiger partial charge in [0.15, 0.2) is 5.82 Å². The molecule has 3 aromatic rings. The number of fused-ring (bicyclic) bond motifs is 1. The molecule has 7 nitrogen and oxygen atoms in total. The molecule has 1 unspecified atom stereocenters. The quantitative estimate of drug-likeness (QED) is 0.781. The van der Waals surface area contributed by atoms with Crippen LogP contribution in [0.25, 0.3) is 11.5 Å². The van der Waals surface area contributed by atoms with Gasteiger partial charge in [-0.3, -0.25) is 14.5 Å². The first-order valence-corrected chi connectivity index (χ1v) is 8.76. The monoisotopic (exact) mass is 348 g/mol. The van der Waals surface area contributed by atoms with Gasteiger partial charge < -0.3 is 5.32 Å². The second kappa shape index (κ2) is 7.03. The van der Waals surface area contributed by atoms with Gasteiger partial charge >= 0.3 is 0 Å². The summed E-state index contributed by atoms with van der Waals surface area (Å²) in [6.45, 7) is 2.15. The van der Waals surface area contributed by atoms with Crippen LogP contribution in [0.1, 0.15) is 35.8 Å². The number of pyridine rings is 1. The highest BCUT2D eigenvalue weighted by atomic mass is 16.2. The minimum atomic E-state index is -0.0556. The van der Waals surface area contributed by atoms with Crippen LogP contribution in [-0.4, -0.2) is 30.6 Å². The van der Waals surface area contributed by atoms with Gasteiger partial charge in [0.05, 0.1) is 6.04 Å². The van der Waals surface area contributed by atoms with E-state index in [9.17, 15) is 4.79 Å². The number of carbonyl (C=O) groups is 1. The number of hydrogen-bond acceptors (Lipinski definition) is 5. The van der Waals surface area contributed by atoms with E-state index in [0.717, 1.165) is 41.9 Å². The molecule has 132 valence electrons. The Labute approximate surface area is 151 Å². The lowest BCUT2D eigenvalue weighted by atomic mass is 9.92. The number of nitrogens with zero attached hydrogens (tertiary/aromatic N) is 5. The van der Waals surface area contributed by atoms with Crippen molar-refractivity contribution in [1.82, 2.24) is 30.0 Å². The maximum Gasteiger partial charge on any atom is 0.242 e. The Bertz CT molecular complexity index is 921. The number of nitrogens with one attached hydrogen (secondary N) is 1. The summed E-state index contributed by atoms with van der Waals surface area (Å²) < 4.78 is 1.69. The van der Waals surface area contributed by atoms with Gasteiger partial charge in [-0.05, 0) is 44.4 Å². The molecule has 0 aromatic carbocycles. The first kappa shape index (κ1) is 16.4. The summed E-state index contributed by atoms with van der Waals surface area (Å²) in [4.78, 5) is 25.9. The fraction of sp³-hybridized carbons (Fsp3) is 0.316. The molecule has 7 heteroatoms. The van der Waals surface area contributed by atoms with Crippen LogP contribution in [0.5, 0.6) is 0 Å². The van der Waals surface area contributed by atoms with Gasteiger partial charge in [-0.1, -0.05) is 6.07 Å². The SMILES string of the molecule is Cc1ccnn1CC(=O)NC1CCCc2nc(-c3ccccn3)ncc21. The molecule has 0 spiro atoms. The lowest BCUT2D eigenvalue weighted by Gasteiger charge is -2.25. The Morgan fingerprint density at radius 2 is 2.19 bits per heavy atom. The maximum absolute atomic E-state index is 12.4. The second-order valence-electron chi connectivity index (χ2n) is 6.45. The van der Waals surface area contributed by atoms with E-state index in [1.165, 1.54) is 0 Å². The first-order valence-electron chi connectivity index (χ1n) is 8.76. The number of amides is 1. The van der Waals surface area contributed by atoms with E-state index in [-0.39, 0.29) is 18.5 Å². The lowest BCUT2D eigenvalue weighted by Crippen LogP contribution is -2.34. The third kappa shape index (κ3) is 3.33. The summed E-state index contributed by atoms with van der Waals surface area (Å²) >= 11 is 0. The van der Waals surface area contributed by atoms with Crippen molar-refractivity contribution in [3.63, 3.8) is 0 Å². The van der Waals surface area contributed by atoms with Crippen molar-refractivity contribution in [2.24, 2.45) is 0 Å². The predicted molar refractivity (Wildman–Crippen MR) is 96.0 cm³/mol. The molecule has 0 aliphatic heterocycles. The van der Waals surface area contributed by atoms with Crippen LogP contribution in [-0.2, 0) is 17.8 Å². The summed E-state index contributed by atoms with van der Waals surface area (Å²) in [7, 11) is 0. The van der Waals surface area contributed by atoms with E-state index in [1.807, 2.05) is 37.4 Å². The average Bonchev–Trinajstić information content (AvgIpc) is 3.07. The minimum Gasteiger partial charge on any atom is -0.348 e. The summed E-state index contributed by atoms with van der Waals surface area (Å²) in [5.74, 6) is 0.576. The molecule has 0 saturated carbocycles. The third-order valence-corrected chi connectivity index (χ3v) is 4.63. The zero-order chi connectivity index (χ0) is 17.9. The average molecular weight is 348 g/mol. The van der Waals surface area contributed by atoms with Crippen LogP contribution in [0.3, 0.4) is 0 Å². The number of carbonyl (C=O) groups excluding carboxylic acids is 1. The van der Waals surface area contributed by atoms with Crippen LogP contribution >= 0.6 is 0 Å². The summed E-state index contributed by atoms with van der Waals surface area (Å²) in [6, 6.07) is 7.52. The van der Waals surface area contributed by atoms with Crippen LogP contribution in [0.2, 0.25) is 0 Å². The highest BCUT2D eigenvalue weighted by Gasteiger charge is 2.24. The van der Waals surface area contributed by atoms with Gasteiger partial charge in [0, 0.05) is 35.5 Å². The zero-order valence-electron chi connectivity index (χ0n) is 14.6. The predicted octanol–water partition coefficient (Wildman–Crippen LogP) is 2.24. The van der Waals surface area contributed by atoms with Crippen LogP contribution < -0.4 is 5.32 Å². The Morgan fingerprint density at radius 3 is 2.96 bits per heavy atom. The van der Waals surface area contributed by atoms with Crippen molar-refractivity contribution in [3.8, 4) is 11.5 Å². The number of hydrogen-bond donors (Lipinski definition) is 1. The molecule has 0 saturated heterocycles. The van der Waals surface area contributed by atoms with E-state index >= 15 is 0 Å². The van der Waals surface area contributed by atoms with Crippen molar-refractivity contribution in [2.45, 2.75) is 38.8 Å². The van der Waals surface area contributed by atoms with Gasteiger partial charge in [0.25, 0.3) is 0 Å². The molecule has 1 amide bonds. The van der Waals surface area contributed by atoms with E-state index < -0.39 is 0 Å². The smallest absolute Gasteiger partial charge is 0.242 e. The highest BCUT2D eigenvalue weighted by molar-refractivity contribution is 5.76. The van der Waals surface area contributed by atoms with E-state index in [1.54, 1.807) is 17.1 Å². The zero-order valence-corrected chi connectivity index (χ0v) is 14.6. The van der Waals surface area contributed by atoms with Crippen molar-refractivity contribution < 1.29 is 4.79 Å². The van der Waals surface area contributed by atoms with Crippen molar-refractivity contribution in [3.05, 3.63) is 59.8 Å². The van der Waals surface area contributed by atoms with E-state index in [4.69, 9.17) is 0 Å². The molecule has 0 fully saturated rings. The molecule has 1 atom stereocenters. The number of rotatable bonds is 4. The molecule has 3 aromatic heterocycles. The standard InChI is InChI=1S/C19H20N6O/c1-13-8-10-22-25(13)12-18(26)23-15-6-4-7-16-14(15)11-21-19(24-16)17-5-2-3-9-20-17/h2-3,5,8-11,15H,4,6-7,12H2,1H3,(H,23,26). The van der Waals surface area contributed by atoms with Gasteiger partial charge in [0.1, 0.15) is 12.2 Å². The molecular weight excluding hydrogens is 328 g/mol. The summed E-state index contributed by atoms with van der Waals surface area (Å²) in [6.07, 6.45) is 8.03. The lowest BCUT2D eigenvalue weighted by molar-refractivity contribution is -0.122. The second-order valence-corrected chi connectivity index (χ2v) is 6.45. The largest absolute Gasteiger partial charge is 0.348 e. The van der Waals surface area contributed by atoms with E-state index in [0.29, 0.717) is 5.82 Å². The molecule has 0 bridgehead atoms. The Hall–Kier alpha value is -3.09. The van der Waals surface area contributed by atoms with Gasteiger partial charge in [-0.25, -0.2) is 9.97 Å². The Balaban J connectivity index is 1.52. The molecule has 3 heterocycles. The Kier molecular flexibility index (Phi) is 4.43. The molecule has 1 N–H and O–H groups in total. The van der Waals surface area contributed by atoms with Crippen molar-refractivity contribution >= 4 is 5.91 Å². The van der Waals surface area contributed by atoms with Crippen molar-refractivity contribution in [2.75, 3.05) is 0 Å². The van der Waals surface area contributed by atoms with Crippen molar-refractivity contribution in [1.29, 1.82) is 0 Å². The molecular formula is C19H20N6O. The molecule has 26 heavy (non-hydrogen) atoms.